The largest absolute Gasteiger partial charge is 0.282 e. The van der Waals surface area contributed by atoms with Crippen LogP contribution in [0.5, 0.6) is 0 Å². The summed E-state index contributed by atoms with van der Waals surface area (Å²) in [4.78, 5) is 29.3. The molecule has 5 aromatic rings. The van der Waals surface area contributed by atoms with Crippen molar-refractivity contribution in [2.45, 2.75) is 30.6 Å². The summed E-state index contributed by atoms with van der Waals surface area (Å²) in [5.74, 6) is 0. The Balaban J connectivity index is 1.70. The van der Waals surface area contributed by atoms with Gasteiger partial charge in [-0.3, -0.25) is 9.36 Å². The zero-order valence-corrected chi connectivity index (χ0v) is 18.1. The van der Waals surface area contributed by atoms with E-state index in [1.54, 1.807) is 22.2 Å². The fourth-order valence-electron chi connectivity index (χ4n) is 3.44. The minimum absolute atomic E-state index is 0.0459. The number of aromatic nitrogens is 4. The second-order valence-electron chi connectivity index (χ2n) is 7.03. The smallest absolute Gasteiger partial charge is 0.262 e. The summed E-state index contributed by atoms with van der Waals surface area (Å²) < 4.78 is 1.74. The van der Waals surface area contributed by atoms with Gasteiger partial charge in [0.05, 0.1) is 17.4 Å². The molecule has 0 aliphatic carbocycles. The summed E-state index contributed by atoms with van der Waals surface area (Å²) in [7, 11) is 0. The predicted octanol–water partition coefficient (Wildman–Crippen LogP) is 5.22. The van der Waals surface area contributed by atoms with Gasteiger partial charge < -0.3 is 0 Å². The summed E-state index contributed by atoms with van der Waals surface area (Å²) in [6.45, 7) is 4.64. The van der Waals surface area contributed by atoms with E-state index in [2.05, 4.69) is 23.8 Å². The Kier molecular flexibility index (Phi) is 4.84. The number of fused-ring (bicyclic) bond motifs is 2. The molecule has 0 radical (unpaired) electrons. The number of thiophene rings is 1. The molecule has 0 saturated carbocycles. The van der Waals surface area contributed by atoms with E-state index in [1.807, 2.05) is 54.6 Å². The van der Waals surface area contributed by atoms with Gasteiger partial charge in [0.1, 0.15) is 16.2 Å². The molecule has 0 N–H and O–H groups in total. The summed E-state index contributed by atoms with van der Waals surface area (Å²) in [6, 6.07) is 17.5. The average molecular weight is 431 g/mol. The van der Waals surface area contributed by atoms with Gasteiger partial charge in [-0.05, 0) is 48.9 Å². The summed E-state index contributed by atoms with van der Waals surface area (Å²) in [5, 5.41) is 3.11. The standard InChI is InChI=1S/C23H18N4OS2/c1-14-15(2)29-20-19(14)21(25-13-24-20)30-23-26-18-11-7-6-10-17(18)22(28)27(23)12-16-8-4-3-5-9-16/h3-11,13H,12H2,1-2H3. The van der Waals surface area contributed by atoms with Crippen LogP contribution in [0.2, 0.25) is 0 Å². The Morgan fingerprint density at radius 3 is 2.60 bits per heavy atom. The van der Waals surface area contributed by atoms with Gasteiger partial charge in [-0.2, -0.15) is 0 Å². The Hall–Kier alpha value is -3.03. The third-order valence-corrected chi connectivity index (χ3v) is 7.24. The molecule has 0 bridgehead atoms. The zero-order valence-electron chi connectivity index (χ0n) is 16.5. The van der Waals surface area contributed by atoms with Crippen LogP contribution in [0, 0.1) is 13.8 Å². The van der Waals surface area contributed by atoms with Crippen molar-refractivity contribution >= 4 is 44.2 Å². The van der Waals surface area contributed by atoms with E-state index < -0.39 is 0 Å². The minimum atomic E-state index is -0.0459. The van der Waals surface area contributed by atoms with Crippen LogP contribution in [0.15, 0.2) is 75.9 Å². The predicted molar refractivity (Wildman–Crippen MR) is 123 cm³/mol. The SMILES string of the molecule is Cc1sc2ncnc(Sc3nc4ccccc4c(=O)n3Cc3ccccc3)c2c1C. The number of benzene rings is 2. The molecule has 0 aliphatic heterocycles. The Morgan fingerprint density at radius 2 is 1.77 bits per heavy atom. The Labute approximate surface area is 181 Å². The highest BCUT2D eigenvalue weighted by atomic mass is 32.2. The number of nitrogens with zero attached hydrogens (tertiary/aromatic N) is 4. The average Bonchev–Trinajstić information content (AvgIpc) is 3.06. The first-order valence-electron chi connectivity index (χ1n) is 9.54. The Morgan fingerprint density at radius 1 is 1.00 bits per heavy atom. The number of hydrogen-bond acceptors (Lipinski definition) is 6. The van der Waals surface area contributed by atoms with Crippen LogP contribution < -0.4 is 5.56 Å². The molecule has 2 aromatic carbocycles. The van der Waals surface area contributed by atoms with Gasteiger partial charge in [-0.1, -0.05) is 42.5 Å². The maximum Gasteiger partial charge on any atom is 0.262 e. The van der Waals surface area contributed by atoms with E-state index in [4.69, 9.17) is 4.98 Å². The highest BCUT2D eigenvalue weighted by Gasteiger charge is 2.17. The fraction of sp³-hybridized carbons (Fsp3) is 0.130. The zero-order chi connectivity index (χ0) is 20.7. The van der Waals surface area contributed by atoms with E-state index in [9.17, 15) is 4.79 Å². The summed E-state index contributed by atoms with van der Waals surface area (Å²) in [5.41, 5.74) is 2.87. The molecular weight excluding hydrogens is 412 g/mol. The highest BCUT2D eigenvalue weighted by Crippen LogP contribution is 2.37. The lowest BCUT2D eigenvalue weighted by molar-refractivity contribution is 0.658. The maximum absolute atomic E-state index is 13.4. The quantitative estimate of drug-likeness (QED) is 0.289. The highest BCUT2D eigenvalue weighted by molar-refractivity contribution is 7.99. The fourth-order valence-corrected chi connectivity index (χ4v) is 5.53. The number of aryl methyl sites for hydroxylation is 2. The van der Waals surface area contributed by atoms with Crippen LogP contribution in [0.1, 0.15) is 16.0 Å². The molecule has 0 aliphatic rings. The van der Waals surface area contributed by atoms with E-state index in [1.165, 1.54) is 22.2 Å². The van der Waals surface area contributed by atoms with Crippen LogP contribution >= 0.6 is 23.1 Å². The van der Waals surface area contributed by atoms with Crippen molar-refractivity contribution in [1.29, 1.82) is 0 Å². The lowest BCUT2D eigenvalue weighted by Crippen LogP contribution is -2.24. The van der Waals surface area contributed by atoms with Crippen molar-refractivity contribution in [2.75, 3.05) is 0 Å². The molecule has 7 heteroatoms. The normalized spacial score (nSPS) is 11.4. The number of para-hydroxylation sites is 1. The van der Waals surface area contributed by atoms with Crippen LogP contribution in [0.3, 0.4) is 0 Å². The van der Waals surface area contributed by atoms with Crippen molar-refractivity contribution in [3.8, 4) is 0 Å². The molecule has 5 rings (SSSR count). The van der Waals surface area contributed by atoms with Crippen molar-refractivity contribution in [1.82, 2.24) is 19.5 Å². The molecular formula is C23H18N4OS2. The lowest BCUT2D eigenvalue weighted by Gasteiger charge is -2.13. The van der Waals surface area contributed by atoms with E-state index in [0.717, 1.165) is 20.8 Å². The summed E-state index contributed by atoms with van der Waals surface area (Å²) in [6.07, 6.45) is 1.58. The molecule has 148 valence electrons. The molecule has 0 amide bonds. The number of hydrogen-bond donors (Lipinski definition) is 0. The van der Waals surface area contributed by atoms with Gasteiger partial charge in [0.15, 0.2) is 5.16 Å². The first-order chi connectivity index (χ1) is 14.6. The van der Waals surface area contributed by atoms with Crippen molar-refractivity contribution in [3.05, 3.63) is 87.3 Å². The van der Waals surface area contributed by atoms with Crippen LogP contribution in [-0.4, -0.2) is 19.5 Å². The summed E-state index contributed by atoms with van der Waals surface area (Å²) >= 11 is 3.09. The number of rotatable bonds is 4. The topological polar surface area (TPSA) is 60.7 Å². The van der Waals surface area contributed by atoms with Crippen LogP contribution in [0.4, 0.5) is 0 Å². The molecule has 0 unspecified atom stereocenters. The minimum Gasteiger partial charge on any atom is -0.282 e. The van der Waals surface area contributed by atoms with E-state index >= 15 is 0 Å². The second-order valence-corrected chi connectivity index (χ2v) is 9.19. The Bertz CT molecular complexity index is 1440. The van der Waals surface area contributed by atoms with Crippen molar-refractivity contribution in [2.24, 2.45) is 0 Å². The molecule has 0 spiro atoms. The molecule has 0 saturated heterocycles. The van der Waals surface area contributed by atoms with Gasteiger partial charge >= 0.3 is 0 Å². The molecule has 3 heterocycles. The van der Waals surface area contributed by atoms with Crippen LogP contribution in [0.25, 0.3) is 21.1 Å². The van der Waals surface area contributed by atoms with Gasteiger partial charge in [-0.25, -0.2) is 15.0 Å². The molecule has 0 atom stereocenters. The monoisotopic (exact) mass is 430 g/mol. The van der Waals surface area contributed by atoms with Gasteiger partial charge in [0, 0.05) is 10.3 Å². The van der Waals surface area contributed by atoms with Gasteiger partial charge in [-0.15, -0.1) is 11.3 Å². The first-order valence-corrected chi connectivity index (χ1v) is 11.2. The van der Waals surface area contributed by atoms with E-state index in [0.29, 0.717) is 22.6 Å². The molecule has 5 nitrogen and oxygen atoms in total. The second kappa shape index (κ2) is 7.66. The van der Waals surface area contributed by atoms with E-state index in [-0.39, 0.29) is 5.56 Å². The first kappa shape index (κ1) is 19.0. The third-order valence-electron chi connectivity index (χ3n) is 5.13. The molecule has 0 fully saturated rings. The third kappa shape index (κ3) is 3.30. The lowest BCUT2D eigenvalue weighted by atomic mass is 10.2. The maximum atomic E-state index is 13.4. The van der Waals surface area contributed by atoms with Crippen molar-refractivity contribution in [3.63, 3.8) is 0 Å². The van der Waals surface area contributed by atoms with Crippen LogP contribution in [-0.2, 0) is 6.54 Å². The van der Waals surface area contributed by atoms with Gasteiger partial charge in [0.25, 0.3) is 5.56 Å². The van der Waals surface area contributed by atoms with Gasteiger partial charge in [0.2, 0.25) is 0 Å². The molecule has 3 aromatic heterocycles. The van der Waals surface area contributed by atoms with Crippen molar-refractivity contribution < 1.29 is 0 Å². The molecule has 30 heavy (non-hydrogen) atoms.